The number of rotatable bonds is 5. The molecule has 0 atom stereocenters. The van der Waals surface area contributed by atoms with Crippen LogP contribution in [0.3, 0.4) is 0 Å². The number of hydrogen-bond donors (Lipinski definition) is 3. The fraction of sp³-hybridized carbons (Fsp3) is 0.0476. The molecular weight excluding hydrogens is 399 g/mol. The van der Waals surface area contributed by atoms with Crippen molar-refractivity contribution in [2.24, 2.45) is 0 Å². The summed E-state index contributed by atoms with van der Waals surface area (Å²) in [5.41, 5.74) is 1.86. The normalized spacial score (nSPS) is 11.7. The average molecular weight is 416 g/mol. The van der Waals surface area contributed by atoms with E-state index >= 15 is 0 Å². The molecule has 4 nitrogen and oxygen atoms in total. The third-order valence-electron chi connectivity index (χ3n) is 3.98. The molecule has 0 unspecified atom stereocenters. The van der Waals surface area contributed by atoms with Crippen molar-refractivity contribution in [3.8, 4) is 0 Å². The van der Waals surface area contributed by atoms with Crippen molar-refractivity contribution in [3.63, 3.8) is 0 Å². The Bertz CT molecular complexity index is 1040. The second-order valence-corrected chi connectivity index (χ2v) is 6.73. The van der Waals surface area contributed by atoms with E-state index in [0.29, 0.717) is 21.8 Å². The van der Waals surface area contributed by atoms with Crippen molar-refractivity contribution in [3.05, 3.63) is 95.0 Å². The zero-order valence-corrected chi connectivity index (χ0v) is 16.2. The van der Waals surface area contributed by atoms with Crippen LogP contribution in [-0.2, 0) is 6.61 Å². The van der Waals surface area contributed by atoms with Gasteiger partial charge in [-0.3, -0.25) is 0 Å². The Hall–Kier alpha value is -2.80. The number of nitrogens with zero attached hydrogens (tertiary/aromatic N) is 1. The van der Waals surface area contributed by atoms with Crippen LogP contribution in [-0.4, -0.2) is 15.2 Å². The number of aliphatic hydroxyl groups excluding tert-OH is 2. The molecule has 0 saturated carbocycles. The van der Waals surface area contributed by atoms with Gasteiger partial charge in [-0.15, -0.1) is 0 Å². The number of aliphatic hydroxyl groups is 2. The van der Waals surface area contributed by atoms with E-state index in [1.165, 1.54) is 24.3 Å². The lowest BCUT2D eigenvalue weighted by Gasteiger charge is -2.11. The SMILES string of the molecule is OCc1ccc[n+](/C(C(=S)Nc2ccccc2Cl)=C(\O)c2ccc(F)cc2)c1. The molecule has 0 aliphatic heterocycles. The number of para-hydroxylation sites is 1. The van der Waals surface area contributed by atoms with Gasteiger partial charge in [0, 0.05) is 17.2 Å². The van der Waals surface area contributed by atoms with Crippen molar-refractivity contribution in [2.75, 3.05) is 5.32 Å². The van der Waals surface area contributed by atoms with Crippen molar-refractivity contribution < 1.29 is 19.2 Å². The molecule has 0 radical (unpaired) electrons. The quantitative estimate of drug-likeness (QED) is 0.247. The molecule has 3 rings (SSSR count). The second kappa shape index (κ2) is 8.93. The van der Waals surface area contributed by atoms with E-state index in [2.05, 4.69) is 5.32 Å². The first-order chi connectivity index (χ1) is 13.5. The van der Waals surface area contributed by atoms with Crippen molar-refractivity contribution in [2.45, 2.75) is 6.61 Å². The van der Waals surface area contributed by atoms with Crippen LogP contribution in [0.15, 0.2) is 73.1 Å². The van der Waals surface area contributed by atoms with Gasteiger partial charge >= 0.3 is 0 Å². The van der Waals surface area contributed by atoms with Gasteiger partial charge in [-0.2, -0.15) is 4.57 Å². The molecule has 0 spiro atoms. The summed E-state index contributed by atoms with van der Waals surface area (Å²) in [5, 5.41) is 23.9. The van der Waals surface area contributed by atoms with E-state index in [1.807, 2.05) is 0 Å². The molecule has 0 saturated heterocycles. The topological polar surface area (TPSA) is 56.4 Å². The van der Waals surface area contributed by atoms with Crippen LogP contribution in [0, 0.1) is 5.82 Å². The highest BCUT2D eigenvalue weighted by Gasteiger charge is 2.24. The zero-order chi connectivity index (χ0) is 20.1. The van der Waals surface area contributed by atoms with Crippen LogP contribution in [0.2, 0.25) is 5.02 Å². The van der Waals surface area contributed by atoms with Crippen LogP contribution in [0.4, 0.5) is 10.1 Å². The first kappa shape index (κ1) is 19.9. The lowest BCUT2D eigenvalue weighted by molar-refractivity contribution is -0.576. The number of halogens is 2. The molecule has 1 aromatic heterocycles. The van der Waals surface area contributed by atoms with Gasteiger partial charge in [-0.25, -0.2) is 4.39 Å². The van der Waals surface area contributed by atoms with Crippen LogP contribution >= 0.6 is 23.8 Å². The summed E-state index contributed by atoms with van der Waals surface area (Å²) in [5.74, 6) is -0.561. The van der Waals surface area contributed by atoms with Gasteiger partial charge in [0.1, 0.15) is 5.82 Å². The van der Waals surface area contributed by atoms with E-state index in [1.54, 1.807) is 53.4 Å². The molecule has 0 aliphatic carbocycles. The summed E-state index contributed by atoms with van der Waals surface area (Å²) in [6.07, 6.45) is 3.34. The van der Waals surface area contributed by atoms with E-state index in [-0.39, 0.29) is 23.1 Å². The first-order valence-corrected chi connectivity index (χ1v) is 9.14. The first-order valence-electron chi connectivity index (χ1n) is 8.36. The number of anilines is 1. The summed E-state index contributed by atoms with van der Waals surface area (Å²) in [7, 11) is 0. The number of benzene rings is 2. The lowest BCUT2D eigenvalue weighted by atomic mass is 10.1. The maximum atomic E-state index is 13.3. The van der Waals surface area contributed by atoms with Crippen LogP contribution < -0.4 is 9.88 Å². The lowest BCUT2D eigenvalue weighted by Crippen LogP contribution is -2.39. The van der Waals surface area contributed by atoms with Crippen LogP contribution in [0.5, 0.6) is 0 Å². The number of pyridine rings is 1. The van der Waals surface area contributed by atoms with E-state index in [4.69, 9.17) is 23.8 Å². The number of aromatic nitrogens is 1. The maximum absolute atomic E-state index is 13.3. The van der Waals surface area contributed by atoms with Gasteiger partial charge in [0.25, 0.3) is 5.70 Å². The van der Waals surface area contributed by atoms with Crippen molar-refractivity contribution in [1.29, 1.82) is 0 Å². The largest absolute Gasteiger partial charge is 0.502 e. The third kappa shape index (κ3) is 4.54. The van der Waals surface area contributed by atoms with Gasteiger partial charge in [0.15, 0.2) is 23.1 Å². The molecule has 0 aliphatic rings. The Labute approximate surface area is 172 Å². The zero-order valence-electron chi connectivity index (χ0n) is 14.6. The highest BCUT2D eigenvalue weighted by atomic mass is 35.5. The van der Waals surface area contributed by atoms with Crippen LogP contribution in [0.1, 0.15) is 11.1 Å². The van der Waals surface area contributed by atoms with Crippen molar-refractivity contribution >= 4 is 46.0 Å². The molecule has 0 amide bonds. The van der Waals surface area contributed by atoms with Gasteiger partial charge in [-0.1, -0.05) is 36.0 Å². The molecule has 7 heteroatoms. The van der Waals surface area contributed by atoms with Crippen LogP contribution in [0.25, 0.3) is 11.5 Å². The molecule has 3 aromatic rings. The predicted octanol–water partition coefficient (Wildman–Crippen LogP) is 4.58. The fourth-order valence-corrected chi connectivity index (χ4v) is 3.09. The minimum atomic E-state index is -0.412. The number of hydrogen-bond acceptors (Lipinski definition) is 3. The highest BCUT2D eigenvalue weighted by molar-refractivity contribution is 7.81. The second-order valence-electron chi connectivity index (χ2n) is 5.92. The average Bonchev–Trinajstić information content (AvgIpc) is 2.70. The van der Waals surface area contributed by atoms with E-state index in [9.17, 15) is 14.6 Å². The Morgan fingerprint density at radius 1 is 1.07 bits per heavy atom. The summed E-state index contributed by atoms with van der Waals surface area (Å²) in [6, 6.07) is 16.0. The molecule has 1 heterocycles. The molecular formula is C21H17ClFN2O2S+. The third-order valence-corrected chi connectivity index (χ3v) is 4.61. The monoisotopic (exact) mass is 415 g/mol. The Balaban J connectivity index is 2.10. The van der Waals surface area contributed by atoms with Crippen molar-refractivity contribution in [1.82, 2.24) is 0 Å². The molecule has 0 bridgehead atoms. The smallest absolute Gasteiger partial charge is 0.288 e. The summed E-state index contributed by atoms with van der Waals surface area (Å²) in [6.45, 7) is -0.171. The van der Waals surface area contributed by atoms with Gasteiger partial charge < -0.3 is 15.5 Å². The van der Waals surface area contributed by atoms with E-state index in [0.717, 1.165) is 0 Å². The minimum absolute atomic E-state index is 0.148. The summed E-state index contributed by atoms with van der Waals surface area (Å²) in [4.78, 5) is 0.204. The predicted molar refractivity (Wildman–Crippen MR) is 112 cm³/mol. The molecule has 2 aromatic carbocycles. The molecule has 3 N–H and O–H groups in total. The Kier molecular flexibility index (Phi) is 6.36. The summed E-state index contributed by atoms with van der Waals surface area (Å²) >= 11 is 11.7. The van der Waals surface area contributed by atoms with Gasteiger partial charge in [-0.05, 0) is 42.5 Å². The minimum Gasteiger partial charge on any atom is -0.502 e. The molecule has 0 fully saturated rings. The standard InChI is InChI=1S/C21H16ClFN2O2S/c22-17-5-1-2-6-18(17)24-21(28)19(25-11-3-4-14(12-25)13-26)20(27)15-7-9-16(23)10-8-15/h1-12,26H,13H2,(H-,24,27,28)/p+1. The molecule has 28 heavy (non-hydrogen) atoms. The Morgan fingerprint density at radius 2 is 1.79 bits per heavy atom. The van der Waals surface area contributed by atoms with E-state index < -0.39 is 5.82 Å². The number of thiocarbonyl (C=S) groups is 1. The number of nitrogens with one attached hydrogen (secondary N) is 1. The summed E-state index contributed by atoms with van der Waals surface area (Å²) < 4.78 is 14.9. The van der Waals surface area contributed by atoms with Gasteiger partial charge in [0.2, 0.25) is 0 Å². The fourth-order valence-electron chi connectivity index (χ4n) is 2.59. The highest BCUT2D eigenvalue weighted by Crippen LogP contribution is 2.24. The Morgan fingerprint density at radius 3 is 2.46 bits per heavy atom. The maximum Gasteiger partial charge on any atom is 0.288 e. The van der Waals surface area contributed by atoms with Gasteiger partial charge in [0.05, 0.1) is 17.3 Å². The molecule has 142 valence electrons.